The second-order valence-corrected chi connectivity index (χ2v) is 32.1. The van der Waals surface area contributed by atoms with E-state index in [2.05, 4.69) is 74.1 Å². The molecule has 130 heavy (non-hydrogen) atoms. The first-order valence-corrected chi connectivity index (χ1v) is 42.7. The topological polar surface area (TPSA) is 834 Å². The molecule has 1 aromatic heterocycles. The number of primary amides is 3. The second-order valence-electron chi connectivity index (χ2n) is 32.1. The number of aliphatic carboxylic acids is 4. The average molecular weight is 1840 g/mol. The van der Waals surface area contributed by atoms with Crippen molar-refractivity contribution in [3.63, 3.8) is 0 Å². The van der Waals surface area contributed by atoms with Gasteiger partial charge in [-0.1, -0.05) is 52.3 Å². The highest BCUT2D eigenvalue weighted by molar-refractivity contribution is 6.03. The van der Waals surface area contributed by atoms with Gasteiger partial charge in [-0.3, -0.25) is 105 Å². The number of amides is 17. The normalized spacial score (nSPS) is 16.1. The fourth-order valence-corrected chi connectivity index (χ4v) is 13.7. The summed E-state index contributed by atoms with van der Waals surface area (Å²) in [6.45, 7) is 7.70. The molecule has 1 radical (unpaired) electrons. The molecule has 49 nitrogen and oxygen atoms in total. The van der Waals surface area contributed by atoms with Crippen molar-refractivity contribution in [2.24, 2.45) is 52.0 Å². The van der Waals surface area contributed by atoms with Gasteiger partial charge in [-0.05, 0) is 146 Å². The third kappa shape index (κ3) is 39.4. The zero-order valence-corrected chi connectivity index (χ0v) is 73.3. The van der Waals surface area contributed by atoms with Crippen LogP contribution in [-0.4, -0.2) is 289 Å². The van der Waals surface area contributed by atoms with Crippen molar-refractivity contribution in [1.29, 1.82) is 0 Å². The summed E-state index contributed by atoms with van der Waals surface area (Å²) in [5, 5.41) is 81.0. The number of rotatable bonds is 64. The molecule has 0 unspecified atom stereocenters. The molecule has 2 aromatic rings. The predicted molar refractivity (Wildman–Crippen MR) is 459 cm³/mol. The Labute approximate surface area is 748 Å². The number of benzene rings is 1. The molecule has 17 atom stereocenters. The molecule has 49 heteroatoms. The number of nitrogens with one attached hydrogen (secondary N) is 14. The lowest BCUT2D eigenvalue weighted by atomic mass is 9.98. The number of aromatic nitrogens is 1. The van der Waals surface area contributed by atoms with Gasteiger partial charge in [-0.15, -0.1) is 0 Å². The van der Waals surface area contributed by atoms with Gasteiger partial charge in [-0.25, -0.2) is 0 Å². The number of nitrogens with two attached hydrogens (primary N) is 7. The van der Waals surface area contributed by atoms with Crippen LogP contribution in [0.5, 0.6) is 0 Å². The van der Waals surface area contributed by atoms with Crippen LogP contribution < -0.4 is 109 Å². The Balaban J connectivity index is 1.99. The Bertz CT molecular complexity index is 4280. The minimum Gasteiger partial charge on any atom is -0.481 e. The first-order valence-electron chi connectivity index (χ1n) is 42.7. The minimum atomic E-state index is -2.06. The van der Waals surface area contributed by atoms with Crippen LogP contribution in [-0.2, 0) is 112 Å². The molecule has 0 aliphatic carbocycles. The van der Waals surface area contributed by atoms with E-state index in [9.17, 15) is 131 Å². The molecule has 1 aliphatic rings. The molecule has 17 amide bonds. The zero-order valence-electron chi connectivity index (χ0n) is 73.3. The molecule has 1 aromatic carbocycles. The summed E-state index contributed by atoms with van der Waals surface area (Å²) in [5.41, 5.74) is 40.7. The summed E-state index contributed by atoms with van der Waals surface area (Å²) in [5.74, 6) is -27.0. The van der Waals surface area contributed by atoms with E-state index in [1.54, 1.807) is 58.2 Å². The molecule has 0 saturated carbocycles. The first-order chi connectivity index (χ1) is 61.3. The Morgan fingerprint density at radius 3 is 1.27 bits per heavy atom. The van der Waals surface area contributed by atoms with Crippen LogP contribution in [0.3, 0.4) is 0 Å². The van der Waals surface area contributed by atoms with Crippen molar-refractivity contribution in [2.45, 2.75) is 285 Å². The van der Waals surface area contributed by atoms with Crippen LogP contribution in [0.25, 0.3) is 10.9 Å². The Morgan fingerprint density at radius 1 is 0.446 bits per heavy atom. The van der Waals surface area contributed by atoms with E-state index in [1.807, 2.05) is 0 Å². The molecule has 723 valence electrons. The summed E-state index contributed by atoms with van der Waals surface area (Å²) >= 11 is 0. The zero-order chi connectivity index (χ0) is 97.8. The molecule has 1 fully saturated rings. The lowest BCUT2D eigenvalue weighted by Gasteiger charge is -2.31. The van der Waals surface area contributed by atoms with Gasteiger partial charge in [0, 0.05) is 49.3 Å². The van der Waals surface area contributed by atoms with Gasteiger partial charge in [0.15, 0.2) is 0 Å². The SMILES string of the molecule is CC[C@H](C)[C@H](N)C(=O)N[C@@H](CC(N)=O)C(=O)N[C@@H](CCC(=O)O)C(=O)N[C@@H](CCC(=O)O)C(=O)N[C@@H](CC(C)C)C(=O)N[C@@H](CC(N)=O)C(=O)N1CCC[C@H]1C(=O)N[C@@H](CCCCN)C(=O)N[C@H](C(=O)N[C@@H](CC(N)=O)C(=O)N[C@@H](CCCCN)C(=O)N[C@@H](Cc1c[nH]c2ccccc12)C(=O)N[C@@H](CCC(=O)O)C(=O)N[C@@H](CC(=O)O)C(=O)N[C@H]([C]=O)CCCCN)[C@@H](C)O. The molecule has 1 aliphatic heterocycles. The summed E-state index contributed by atoms with van der Waals surface area (Å²) in [6.07, 6.45) is -6.56. The molecule has 3 rings (SSSR count). The molecule has 0 bridgehead atoms. The number of hydrogen-bond donors (Lipinski definition) is 26. The van der Waals surface area contributed by atoms with Gasteiger partial charge in [0.1, 0.15) is 78.5 Å². The number of aliphatic hydroxyl groups excluding tert-OH is 1. The van der Waals surface area contributed by atoms with Crippen molar-refractivity contribution >= 4 is 141 Å². The highest BCUT2D eigenvalue weighted by Crippen LogP contribution is 2.23. The molecular weight excluding hydrogens is 1710 g/mol. The first kappa shape index (κ1) is 111. The molecule has 2 heterocycles. The van der Waals surface area contributed by atoms with E-state index >= 15 is 0 Å². The summed E-state index contributed by atoms with van der Waals surface area (Å²) in [4.78, 5) is 301. The smallest absolute Gasteiger partial charge is 0.305 e. The number of likely N-dealkylation sites (tertiary alicyclic amines) is 1. The minimum absolute atomic E-state index is 0.0347. The number of para-hydroxylation sites is 1. The van der Waals surface area contributed by atoms with Crippen LogP contribution in [0.1, 0.15) is 188 Å². The van der Waals surface area contributed by atoms with Crippen molar-refractivity contribution in [3.05, 3.63) is 36.0 Å². The fraction of sp³-hybridized carbons (Fsp3) is 0.630. The van der Waals surface area contributed by atoms with Crippen molar-refractivity contribution in [1.82, 2.24) is 79.0 Å². The molecule has 0 spiro atoms. The van der Waals surface area contributed by atoms with E-state index in [0.717, 1.165) is 11.8 Å². The van der Waals surface area contributed by atoms with Gasteiger partial charge in [-0.2, -0.15) is 0 Å². The summed E-state index contributed by atoms with van der Waals surface area (Å²) < 4.78 is 0. The maximum absolute atomic E-state index is 14.8. The van der Waals surface area contributed by atoms with Gasteiger partial charge in [0.25, 0.3) is 0 Å². The number of carbonyl (C=O) groups excluding carboxylic acids is 18. The van der Waals surface area contributed by atoms with Crippen LogP contribution in [0.4, 0.5) is 0 Å². The van der Waals surface area contributed by atoms with Crippen molar-refractivity contribution in [3.8, 4) is 0 Å². The highest BCUT2D eigenvalue weighted by atomic mass is 16.4. The third-order valence-electron chi connectivity index (χ3n) is 21.0. The van der Waals surface area contributed by atoms with Crippen LogP contribution in [0, 0.1) is 11.8 Å². The maximum atomic E-state index is 14.8. The van der Waals surface area contributed by atoms with E-state index in [0.29, 0.717) is 35.7 Å². The Kier molecular flexibility index (Phi) is 48.9. The molecule has 1 saturated heterocycles. The van der Waals surface area contributed by atoms with E-state index in [1.165, 1.54) is 6.20 Å². The number of fused-ring (bicyclic) bond motifs is 1. The van der Waals surface area contributed by atoms with E-state index < -0.39 is 303 Å². The predicted octanol–water partition coefficient (Wildman–Crippen LogP) is -8.00. The average Bonchev–Trinajstić information content (AvgIpc) is 1.65. The lowest BCUT2D eigenvalue weighted by molar-refractivity contribution is -0.143. The van der Waals surface area contributed by atoms with Crippen LogP contribution in [0.15, 0.2) is 30.5 Å². The Hall–Kier alpha value is -12.9. The number of unbranched alkanes of at least 4 members (excludes halogenated alkanes) is 3. The van der Waals surface area contributed by atoms with E-state index in [-0.39, 0.29) is 90.4 Å². The quantitative estimate of drug-likeness (QED) is 0.0274. The van der Waals surface area contributed by atoms with Gasteiger partial charge in [0.2, 0.25) is 107 Å². The van der Waals surface area contributed by atoms with Gasteiger partial charge >= 0.3 is 23.9 Å². The number of carboxylic acid groups (broad SMARTS) is 4. The van der Waals surface area contributed by atoms with Crippen molar-refractivity contribution in [2.75, 3.05) is 26.2 Å². The number of aromatic amines is 1. The standard InChI is InChI=1S/C81H127N22O27/c1-6-41(4)66(88)79(128)99-54(34-59(85)106)76(125)94-49(22-25-62(109)110)69(118)92-50(23-26-63(111)112)70(119)96-52(32-40(2)3)74(123)101-57(36-61(87)108)81(130)103-31-15-21-58(103)78(127)95-48(20-11-14-30-84)72(121)102-67(42(5)105)80(129)100-55(35-60(86)107)77(126)91-47(19-10-13-29-83)68(117)97-53(33-43-38-89-46-18-8-7-17-45(43)46)75(124)93-51(24-27-64(113)114)71(120)98-56(37-65(115)116)73(122)90-44(39-104)16-9-12-28-82/h7-8,17-18,38,40-42,44,47-58,66-67,89,105H,6,9-16,19-37,82-84,88H2,1-5H3,(H2,85,106)(H2,86,107)(H2,87,108)(H,90,122)(H,91,126)(H,92,118)(H,93,124)(H,94,125)(H,95,127)(H,96,119)(H,97,117)(H,98,120)(H,99,128)(H,100,129)(H,101,123)(H,102,121)(H,109,110)(H,111,112)(H,113,114)(H,115,116)/t41-,42+,44-,47-,48-,49-,50-,51-,52-,53-,54-,55-,56-,57-,58-,66-,67-/m0/s1. The number of carboxylic acids is 4. The van der Waals surface area contributed by atoms with E-state index in [4.69, 9.17) is 40.1 Å². The fourth-order valence-electron chi connectivity index (χ4n) is 13.7. The van der Waals surface area contributed by atoms with Gasteiger partial charge < -0.3 is 145 Å². The summed E-state index contributed by atoms with van der Waals surface area (Å²) in [6, 6.07) is -19.4. The third-order valence-corrected chi connectivity index (χ3v) is 21.0. The number of nitrogens with zero attached hydrogens (tertiary/aromatic N) is 1. The van der Waals surface area contributed by atoms with Crippen LogP contribution in [0.2, 0.25) is 0 Å². The monoisotopic (exact) mass is 1840 g/mol. The lowest BCUT2D eigenvalue weighted by Crippen LogP contribution is -2.62. The van der Waals surface area contributed by atoms with Crippen LogP contribution >= 0.6 is 0 Å². The second kappa shape index (κ2) is 57.1. The molecule has 33 N–H and O–H groups in total. The summed E-state index contributed by atoms with van der Waals surface area (Å²) in [7, 11) is 0. The number of H-pyrrole nitrogens is 1. The van der Waals surface area contributed by atoms with Gasteiger partial charge in [0.05, 0.1) is 43.9 Å². The maximum Gasteiger partial charge on any atom is 0.305 e. The largest absolute Gasteiger partial charge is 0.481 e. The molecular formula is C81H127N22O27. The Morgan fingerprint density at radius 2 is 0.823 bits per heavy atom. The highest BCUT2D eigenvalue weighted by Gasteiger charge is 2.43. The number of carbonyl (C=O) groups is 21. The number of aliphatic hydroxyl groups is 1. The number of hydrogen-bond acceptors (Lipinski definition) is 27. The van der Waals surface area contributed by atoms with Crippen molar-refractivity contribution < 1.29 is 131 Å².